The summed E-state index contributed by atoms with van der Waals surface area (Å²) in [6.07, 6.45) is -5.96. The summed E-state index contributed by atoms with van der Waals surface area (Å²) in [6, 6.07) is 0. The van der Waals surface area contributed by atoms with Gasteiger partial charge >= 0.3 is 29.1 Å². The molecule has 3 saturated heterocycles. The predicted octanol–water partition coefficient (Wildman–Crippen LogP) is -0.588. The average Bonchev–Trinajstić information content (AvgIpc) is 3.93. The Morgan fingerprint density at radius 3 is 2.22 bits per heavy atom. The van der Waals surface area contributed by atoms with Crippen molar-refractivity contribution in [2.75, 3.05) is 26.1 Å². The minimum absolute atomic E-state index is 0.0505. The SMILES string of the molecule is CCC1(CC)OC2[C@@H](O1)[C@@H](COP(=O)(O)OP(=O)(O)OP(=O)(O)OC[C@H]1O[C@@H](n3cnc4c(=O)[nH]c(C)nc43)[C@@H](O)C1OC)O[C@H]2[n+]1cn(C)c2c(=O)[nH]c(N)nc21. The third kappa shape index (κ3) is 8.11. The van der Waals surface area contributed by atoms with Crippen molar-refractivity contribution in [1.82, 2.24) is 34.1 Å². The first-order valence-electron chi connectivity index (χ1n) is 17.5. The summed E-state index contributed by atoms with van der Waals surface area (Å²) in [6.45, 7) is 3.44. The molecular formula is C28H41N9O18P3+. The molecule has 27 nitrogen and oxygen atoms in total. The van der Waals surface area contributed by atoms with Crippen molar-refractivity contribution in [2.24, 2.45) is 7.05 Å². The zero-order valence-electron chi connectivity index (χ0n) is 31.2. The van der Waals surface area contributed by atoms with E-state index in [1.165, 1.54) is 40.4 Å². The second kappa shape index (κ2) is 15.6. The van der Waals surface area contributed by atoms with Crippen molar-refractivity contribution in [3.63, 3.8) is 0 Å². The molecule has 0 amide bonds. The van der Waals surface area contributed by atoms with Crippen LogP contribution in [0.1, 0.15) is 45.0 Å². The van der Waals surface area contributed by atoms with Crippen LogP contribution in [0.25, 0.3) is 22.3 Å². The summed E-state index contributed by atoms with van der Waals surface area (Å²) in [5, 5.41) is 10.9. The molecule has 7 heterocycles. The number of hydrogen-bond acceptors (Lipinski definition) is 19. The number of phosphoric ester groups is 2. The summed E-state index contributed by atoms with van der Waals surface area (Å²) in [5.74, 6) is -1.04. The van der Waals surface area contributed by atoms with Gasteiger partial charge in [0, 0.05) is 7.11 Å². The van der Waals surface area contributed by atoms with Crippen LogP contribution in [0.15, 0.2) is 22.2 Å². The largest absolute Gasteiger partial charge is 0.490 e. The van der Waals surface area contributed by atoms with Crippen molar-refractivity contribution in [2.45, 2.75) is 88.5 Å². The van der Waals surface area contributed by atoms with E-state index < -0.39 is 103 Å². The lowest BCUT2D eigenvalue weighted by molar-refractivity contribution is -0.746. The molecule has 5 unspecified atom stereocenters. The fourth-order valence-corrected chi connectivity index (χ4v) is 10.7. The van der Waals surface area contributed by atoms with Crippen LogP contribution >= 0.6 is 23.5 Å². The molecule has 3 aliphatic rings. The molecule has 4 aromatic rings. The van der Waals surface area contributed by atoms with E-state index in [-0.39, 0.29) is 34.1 Å². The summed E-state index contributed by atoms with van der Waals surface area (Å²) >= 11 is 0. The summed E-state index contributed by atoms with van der Waals surface area (Å²) in [5.41, 5.74) is 4.98. The van der Waals surface area contributed by atoms with Crippen LogP contribution < -0.4 is 21.4 Å². The summed E-state index contributed by atoms with van der Waals surface area (Å²) in [4.78, 5) is 73.3. The Labute approximate surface area is 325 Å². The van der Waals surface area contributed by atoms with Gasteiger partial charge in [0.1, 0.15) is 42.4 Å². The van der Waals surface area contributed by atoms with Gasteiger partial charge in [-0.05, 0) is 19.8 Å². The number of nitrogens with two attached hydrogens (primary N) is 1. The van der Waals surface area contributed by atoms with Crippen molar-refractivity contribution in [3.05, 3.63) is 39.2 Å². The van der Waals surface area contributed by atoms with E-state index in [9.17, 15) is 43.1 Å². The third-order valence-electron chi connectivity index (χ3n) is 9.75. The molecule has 4 aromatic heterocycles. The number of hydrogen-bond donors (Lipinski definition) is 7. The van der Waals surface area contributed by atoms with Gasteiger partial charge in [0.2, 0.25) is 11.7 Å². The maximum atomic E-state index is 13.0. The van der Waals surface area contributed by atoms with Crippen molar-refractivity contribution >= 4 is 51.7 Å². The number of anilines is 1. The zero-order valence-corrected chi connectivity index (χ0v) is 33.9. The first kappa shape index (κ1) is 42.8. The molecule has 0 aromatic carbocycles. The van der Waals surface area contributed by atoms with Gasteiger partial charge in [-0.15, -0.1) is 0 Å². The highest BCUT2D eigenvalue weighted by atomic mass is 31.3. The minimum Gasteiger partial charge on any atom is -0.386 e. The number of nitrogens with one attached hydrogen (secondary N) is 2. The lowest BCUT2D eigenvalue weighted by Crippen LogP contribution is -2.46. The number of methoxy groups -OCH3 is 1. The van der Waals surface area contributed by atoms with E-state index >= 15 is 0 Å². The Hall–Kier alpha value is -3.33. The molecule has 0 spiro atoms. The predicted molar refractivity (Wildman–Crippen MR) is 190 cm³/mol. The van der Waals surface area contributed by atoms with Crippen molar-refractivity contribution in [3.8, 4) is 0 Å². The van der Waals surface area contributed by atoms with Gasteiger partial charge in [-0.25, -0.2) is 28.2 Å². The molecule has 58 heavy (non-hydrogen) atoms. The smallest absolute Gasteiger partial charge is 0.386 e. The van der Waals surface area contributed by atoms with Crippen LogP contribution in [0.2, 0.25) is 0 Å². The fraction of sp³-hybridized carbons (Fsp3) is 0.643. The summed E-state index contributed by atoms with van der Waals surface area (Å²) in [7, 11) is -14.4. The molecule has 0 saturated carbocycles. The second-order valence-electron chi connectivity index (χ2n) is 13.5. The number of nitrogens with zero attached hydrogens (tertiary/aromatic N) is 6. The number of rotatable bonds is 15. The van der Waals surface area contributed by atoms with E-state index in [0.29, 0.717) is 12.8 Å². The number of imidazole rings is 2. The molecule has 8 N–H and O–H groups in total. The molecule has 30 heteroatoms. The van der Waals surface area contributed by atoms with Crippen LogP contribution in [0, 0.1) is 6.92 Å². The number of H-pyrrole nitrogens is 2. The molecule has 320 valence electrons. The van der Waals surface area contributed by atoms with Gasteiger partial charge < -0.3 is 54.2 Å². The summed E-state index contributed by atoms with van der Waals surface area (Å²) < 4.78 is 90.9. The fourth-order valence-electron chi connectivity index (χ4n) is 7.15. The molecule has 0 aliphatic carbocycles. The number of nitrogen functional groups attached to an aromatic ring is 1. The van der Waals surface area contributed by atoms with E-state index in [0.717, 1.165) is 0 Å². The standard InChI is InChI=1S/C28H40N9O18P3/c1-6-28(7-2)52-19-14(51-26(20(19)53-28)37-11-35(4)16-22(37)33-27(29)34-24(16)40)9-49-57(43,44)55-58(45,46)54-56(41,42)48-8-13-18(47-5)17(38)25(50-13)36-10-30-15-21(36)31-12(3)32-23(15)39/h10-11,13-14,17-20,25-26,38H,6-9H2,1-5H3,(H6-,29,31,32,33,34,39,40,41,42,43,44,45,46)/p+1/t13-,14-,17+,18?,19+,20?,25-,26-/m1/s1. The molecule has 3 aliphatic heterocycles. The average molecular weight is 885 g/mol. The van der Waals surface area contributed by atoms with E-state index in [1.807, 2.05) is 13.8 Å². The number of aromatic amines is 2. The van der Waals surface area contributed by atoms with Crippen LogP contribution in [0.4, 0.5) is 5.95 Å². The molecule has 3 fully saturated rings. The first-order valence-corrected chi connectivity index (χ1v) is 22.0. The van der Waals surface area contributed by atoms with E-state index in [2.05, 4.69) is 33.5 Å². The minimum atomic E-state index is -5.93. The van der Waals surface area contributed by atoms with Gasteiger partial charge in [0.25, 0.3) is 17.1 Å². The first-order chi connectivity index (χ1) is 27.2. The number of aryl methyl sites for hydroxylation is 2. The molecule has 0 radical (unpaired) electrons. The highest BCUT2D eigenvalue weighted by Crippen LogP contribution is 2.68. The van der Waals surface area contributed by atoms with E-state index in [1.54, 1.807) is 7.05 Å². The zero-order chi connectivity index (χ0) is 42.1. The van der Waals surface area contributed by atoms with Gasteiger partial charge in [-0.3, -0.25) is 32.8 Å². The topological polar surface area (TPSA) is 359 Å². The Balaban J connectivity index is 1.00. The van der Waals surface area contributed by atoms with Crippen LogP contribution in [0.5, 0.6) is 0 Å². The monoisotopic (exact) mass is 884 g/mol. The maximum absolute atomic E-state index is 13.0. The van der Waals surface area contributed by atoms with Crippen LogP contribution in [-0.4, -0.2) is 117 Å². The Morgan fingerprint density at radius 1 is 0.948 bits per heavy atom. The number of fused-ring (bicyclic) bond motifs is 3. The van der Waals surface area contributed by atoms with Gasteiger partial charge in [0.05, 0.1) is 26.6 Å². The number of aromatic nitrogens is 8. The number of aliphatic hydroxyl groups excluding tert-OH is 1. The van der Waals surface area contributed by atoms with Crippen molar-refractivity contribution < 1.29 is 79.4 Å². The van der Waals surface area contributed by atoms with Crippen LogP contribution in [0.3, 0.4) is 0 Å². The quantitative estimate of drug-likeness (QED) is 0.0579. The van der Waals surface area contributed by atoms with Gasteiger partial charge in [0.15, 0.2) is 29.5 Å². The highest BCUT2D eigenvalue weighted by molar-refractivity contribution is 7.66. The van der Waals surface area contributed by atoms with Gasteiger partial charge in [-0.2, -0.15) is 8.62 Å². The lowest BCUT2D eigenvalue weighted by Gasteiger charge is -2.28. The lowest BCUT2D eigenvalue weighted by atomic mass is 10.1. The molecule has 11 atom stereocenters. The second-order valence-corrected chi connectivity index (χ2v) is 18.1. The Morgan fingerprint density at radius 2 is 1.59 bits per heavy atom. The molecular weight excluding hydrogens is 843 g/mol. The third-order valence-corrected chi connectivity index (χ3v) is 14.0. The number of aliphatic hydroxyl groups is 1. The van der Waals surface area contributed by atoms with E-state index in [4.69, 9.17) is 38.5 Å². The highest BCUT2D eigenvalue weighted by Gasteiger charge is 2.60. The number of phosphoric acid groups is 3. The van der Waals surface area contributed by atoms with Crippen LogP contribution in [-0.2, 0) is 62.1 Å². The normalized spacial score (nSPS) is 30.1. The molecule has 0 bridgehead atoms. The maximum Gasteiger partial charge on any atom is 0.490 e. The Kier molecular flexibility index (Phi) is 11.5. The van der Waals surface area contributed by atoms with Crippen molar-refractivity contribution in [1.29, 1.82) is 0 Å². The molecule has 7 rings (SSSR count). The number of ether oxygens (including phenoxy) is 5. The van der Waals surface area contributed by atoms with Gasteiger partial charge in [-0.1, -0.05) is 18.8 Å². The Bertz CT molecular complexity index is 2470.